The van der Waals surface area contributed by atoms with Crippen LogP contribution in [0.15, 0.2) is 24.3 Å². The fraction of sp³-hybridized carbons (Fsp3) is 0.438. The van der Waals surface area contributed by atoms with Gasteiger partial charge in [0.1, 0.15) is 4.88 Å². The van der Waals surface area contributed by atoms with Crippen LogP contribution >= 0.6 is 11.3 Å². The van der Waals surface area contributed by atoms with Crippen molar-refractivity contribution in [1.82, 2.24) is 4.90 Å². The van der Waals surface area contributed by atoms with E-state index in [9.17, 15) is 9.90 Å². The van der Waals surface area contributed by atoms with Crippen LogP contribution in [-0.4, -0.2) is 42.3 Å². The molecule has 1 aromatic heterocycles. The highest BCUT2D eigenvalue weighted by Gasteiger charge is 2.30. The van der Waals surface area contributed by atoms with E-state index < -0.39 is 5.97 Å². The lowest BCUT2D eigenvalue weighted by Crippen LogP contribution is -2.29. The number of thiophene rings is 1. The van der Waals surface area contributed by atoms with Gasteiger partial charge in [0.25, 0.3) is 0 Å². The van der Waals surface area contributed by atoms with Gasteiger partial charge in [-0.15, -0.1) is 11.3 Å². The summed E-state index contributed by atoms with van der Waals surface area (Å²) in [5, 5.41) is 10.5. The van der Waals surface area contributed by atoms with Crippen molar-refractivity contribution in [3.63, 3.8) is 0 Å². The predicted octanol–water partition coefficient (Wildman–Crippen LogP) is 3.21. The summed E-state index contributed by atoms with van der Waals surface area (Å²) in [6, 6.07) is 8.53. The van der Waals surface area contributed by atoms with Gasteiger partial charge < -0.3 is 9.84 Å². The van der Waals surface area contributed by atoms with Crippen LogP contribution in [-0.2, 0) is 11.3 Å². The Hall–Kier alpha value is -1.43. The first-order chi connectivity index (χ1) is 10.2. The molecule has 0 aliphatic heterocycles. The minimum Gasteiger partial charge on any atom is -0.477 e. The lowest BCUT2D eigenvalue weighted by Gasteiger charge is -2.21. The second-order valence-electron chi connectivity index (χ2n) is 5.41. The summed E-state index contributed by atoms with van der Waals surface area (Å²) < 4.78 is 6.23. The average Bonchev–Trinajstić information content (AvgIpc) is 3.25. The number of hydrogen-bond acceptors (Lipinski definition) is 4. The number of carboxylic acid groups (broad SMARTS) is 1. The Kier molecular flexibility index (Phi) is 4.24. The number of carboxylic acids is 1. The molecule has 0 saturated heterocycles. The van der Waals surface area contributed by atoms with Crippen molar-refractivity contribution in [1.29, 1.82) is 0 Å². The van der Waals surface area contributed by atoms with Gasteiger partial charge >= 0.3 is 5.97 Å². The van der Waals surface area contributed by atoms with Crippen LogP contribution in [0.5, 0.6) is 0 Å². The molecule has 1 saturated carbocycles. The molecule has 3 rings (SSSR count). The number of aromatic carboxylic acids is 1. The zero-order valence-corrected chi connectivity index (χ0v) is 12.9. The normalized spacial score (nSPS) is 15.0. The number of carbonyl (C=O) groups is 1. The molecular formula is C16H19NO3S. The Morgan fingerprint density at radius 2 is 2.19 bits per heavy atom. The van der Waals surface area contributed by atoms with Gasteiger partial charge in [0, 0.05) is 30.9 Å². The van der Waals surface area contributed by atoms with Gasteiger partial charge in [-0.1, -0.05) is 18.2 Å². The first-order valence-electron chi connectivity index (χ1n) is 7.17. The number of methoxy groups -OCH3 is 1. The highest BCUT2D eigenvalue weighted by molar-refractivity contribution is 7.21. The maximum absolute atomic E-state index is 11.5. The van der Waals surface area contributed by atoms with E-state index in [1.54, 1.807) is 7.11 Å². The van der Waals surface area contributed by atoms with Crippen LogP contribution in [0, 0.1) is 0 Å². The SMILES string of the molecule is COCCN(Cc1c(C(=O)O)sc2ccccc12)C1CC1. The molecule has 1 heterocycles. The monoisotopic (exact) mass is 305 g/mol. The van der Waals surface area contributed by atoms with Gasteiger partial charge in [-0.2, -0.15) is 0 Å². The zero-order chi connectivity index (χ0) is 14.8. The van der Waals surface area contributed by atoms with E-state index >= 15 is 0 Å². The van der Waals surface area contributed by atoms with Crippen molar-refractivity contribution in [2.45, 2.75) is 25.4 Å². The molecule has 0 radical (unpaired) electrons. The van der Waals surface area contributed by atoms with E-state index in [1.165, 1.54) is 24.2 Å². The van der Waals surface area contributed by atoms with Gasteiger partial charge in [0.05, 0.1) is 6.61 Å². The molecule has 0 unspecified atom stereocenters. The summed E-state index contributed by atoms with van der Waals surface area (Å²) in [6.07, 6.45) is 2.41. The largest absolute Gasteiger partial charge is 0.477 e. The van der Waals surface area contributed by atoms with Crippen molar-refractivity contribution in [3.8, 4) is 0 Å². The molecule has 0 spiro atoms. The molecule has 0 atom stereocenters. The molecule has 1 fully saturated rings. The molecule has 1 aliphatic carbocycles. The Morgan fingerprint density at radius 1 is 1.43 bits per heavy atom. The Morgan fingerprint density at radius 3 is 2.86 bits per heavy atom. The summed E-state index contributed by atoms with van der Waals surface area (Å²) in [7, 11) is 1.70. The Labute approximate surface area is 127 Å². The summed E-state index contributed by atoms with van der Waals surface area (Å²) >= 11 is 1.37. The molecule has 1 aromatic carbocycles. The number of fused-ring (bicyclic) bond motifs is 1. The maximum atomic E-state index is 11.5. The summed E-state index contributed by atoms with van der Waals surface area (Å²) in [5.74, 6) is -0.825. The van der Waals surface area contributed by atoms with E-state index in [2.05, 4.69) is 4.90 Å². The second-order valence-corrected chi connectivity index (χ2v) is 6.46. The van der Waals surface area contributed by atoms with Crippen LogP contribution < -0.4 is 0 Å². The van der Waals surface area contributed by atoms with Crippen LogP contribution in [0.3, 0.4) is 0 Å². The van der Waals surface area contributed by atoms with Crippen LogP contribution in [0.1, 0.15) is 28.1 Å². The zero-order valence-electron chi connectivity index (χ0n) is 12.0. The lowest BCUT2D eigenvalue weighted by atomic mass is 10.1. The van der Waals surface area contributed by atoms with Crippen molar-refractivity contribution in [2.24, 2.45) is 0 Å². The smallest absolute Gasteiger partial charge is 0.346 e. The predicted molar refractivity (Wildman–Crippen MR) is 84.1 cm³/mol. The van der Waals surface area contributed by atoms with E-state index in [-0.39, 0.29) is 0 Å². The fourth-order valence-corrected chi connectivity index (χ4v) is 3.72. The third-order valence-electron chi connectivity index (χ3n) is 3.90. The second kappa shape index (κ2) is 6.13. The van der Waals surface area contributed by atoms with Gasteiger partial charge in [0.2, 0.25) is 0 Å². The van der Waals surface area contributed by atoms with Crippen molar-refractivity contribution in [3.05, 3.63) is 34.7 Å². The van der Waals surface area contributed by atoms with Crippen LogP contribution in [0.25, 0.3) is 10.1 Å². The highest BCUT2D eigenvalue weighted by Crippen LogP contribution is 2.35. The first-order valence-corrected chi connectivity index (χ1v) is 7.99. The fourth-order valence-electron chi connectivity index (χ4n) is 2.67. The molecular weight excluding hydrogens is 286 g/mol. The Bertz CT molecular complexity index is 648. The van der Waals surface area contributed by atoms with E-state index in [1.807, 2.05) is 24.3 Å². The molecule has 1 aliphatic rings. The standard InChI is InChI=1S/C16H19NO3S/c1-20-9-8-17(11-6-7-11)10-13-12-4-2-3-5-14(12)21-15(13)16(18)19/h2-5,11H,6-10H2,1H3,(H,18,19). The quantitative estimate of drug-likeness (QED) is 0.853. The number of nitrogens with zero attached hydrogens (tertiary/aromatic N) is 1. The topological polar surface area (TPSA) is 49.8 Å². The van der Waals surface area contributed by atoms with Crippen LogP contribution in [0.2, 0.25) is 0 Å². The average molecular weight is 305 g/mol. The van der Waals surface area contributed by atoms with Crippen molar-refractivity contribution in [2.75, 3.05) is 20.3 Å². The van der Waals surface area contributed by atoms with Gasteiger partial charge in [-0.3, -0.25) is 4.90 Å². The highest BCUT2D eigenvalue weighted by atomic mass is 32.1. The lowest BCUT2D eigenvalue weighted by molar-refractivity contribution is 0.0699. The van der Waals surface area contributed by atoms with Crippen molar-refractivity contribution >= 4 is 27.4 Å². The molecule has 2 aromatic rings. The van der Waals surface area contributed by atoms with E-state index in [0.717, 1.165) is 22.2 Å². The minimum atomic E-state index is -0.825. The molecule has 112 valence electrons. The first kappa shape index (κ1) is 14.5. The number of ether oxygens (including phenoxy) is 1. The minimum absolute atomic E-state index is 0.472. The van der Waals surface area contributed by atoms with Gasteiger partial charge in [0.15, 0.2) is 0 Å². The molecule has 0 amide bonds. The van der Waals surface area contributed by atoms with Crippen molar-refractivity contribution < 1.29 is 14.6 Å². The summed E-state index contributed by atoms with van der Waals surface area (Å²) in [6.45, 7) is 2.23. The number of benzene rings is 1. The third kappa shape index (κ3) is 3.10. The number of hydrogen-bond donors (Lipinski definition) is 1. The third-order valence-corrected chi connectivity index (χ3v) is 5.10. The molecule has 1 N–H and O–H groups in total. The van der Waals surface area contributed by atoms with E-state index in [0.29, 0.717) is 24.1 Å². The van der Waals surface area contributed by atoms with E-state index in [4.69, 9.17) is 4.74 Å². The van der Waals surface area contributed by atoms with Crippen LogP contribution in [0.4, 0.5) is 0 Å². The molecule has 0 bridgehead atoms. The maximum Gasteiger partial charge on any atom is 0.346 e. The Balaban J connectivity index is 1.93. The summed E-state index contributed by atoms with van der Waals surface area (Å²) in [5.41, 5.74) is 0.950. The molecule has 21 heavy (non-hydrogen) atoms. The number of rotatable bonds is 7. The molecule has 5 heteroatoms. The summed E-state index contributed by atoms with van der Waals surface area (Å²) in [4.78, 5) is 14.4. The van der Waals surface area contributed by atoms with Gasteiger partial charge in [-0.05, 0) is 29.9 Å². The molecule has 4 nitrogen and oxygen atoms in total. The van der Waals surface area contributed by atoms with Gasteiger partial charge in [-0.25, -0.2) is 4.79 Å².